The van der Waals surface area contributed by atoms with Gasteiger partial charge in [0.15, 0.2) is 0 Å². The SMILES string of the molecule is CCNC(Cc1cc(Cl)ccc1Cl)c1cccc(Br)c1Cl. The third kappa shape index (κ3) is 4.37. The maximum atomic E-state index is 6.42. The molecule has 1 nitrogen and oxygen atoms in total. The summed E-state index contributed by atoms with van der Waals surface area (Å²) in [6.45, 7) is 2.91. The van der Waals surface area contributed by atoms with Crippen LogP contribution < -0.4 is 5.32 Å². The summed E-state index contributed by atoms with van der Waals surface area (Å²) in [7, 11) is 0. The molecule has 0 saturated carbocycles. The van der Waals surface area contributed by atoms with E-state index in [-0.39, 0.29) is 6.04 Å². The fraction of sp³-hybridized carbons (Fsp3) is 0.250. The molecule has 0 aliphatic carbocycles. The van der Waals surface area contributed by atoms with Crippen LogP contribution in [0.5, 0.6) is 0 Å². The molecule has 2 aromatic carbocycles. The van der Waals surface area contributed by atoms with Crippen molar-refractivity contribution in [2.24, 2.45) is 0 Å². The van der Waals surface area contributed by atoms with E-state index in [4.69, 9.17) is 34.8 Å². The summed E-state index contributed by atoms with van der Waals surface area (Å²) in [5.74, 6) is 0. The van der Waals surface area contributed by atoms with Crippen LogP contribution in [0, 0.1) is 0 Å². The molecule has 2 rings (SSSR count). The zero-order valence-electron chi connectivity index (χ0n) is 11.5. The van der Waals surface area contributed by atoms with Crippen molar-refractivity contribution >= 4 is 50.7 Å². The second kappa shape index (κ2) is 7.85. The maximum absolute atomic E-state index is 6.42. The molecule has 1 N–H and O–H groups in total. The van der Waals surface area contributed by atoms with Crippen LogP contribution >= 0.6 is 50.7 Å². The fourth-order valence-corrected chi connectivity index (χ4v) is 3.28. The molecule has 0 spiro atoms. The van der Waals surface area contributed by atoms with Crippen LogP contribution in [0.1, 0.15) is 24.1 Å². The van der Waals surface area contributed by atoms with Gasteiger partial charge in [0, 0.05) is 20.6 Å². The predicted molar refractivity (Wildman–Crippen MR) is 95.7 cm³/mol. The highest BCUT2D eigenvalue weighted by Crippen LogP contribution is 2.33. The van der Waals surface area contributed by atoms with Gasteiger partial charge >= 0.3 is 0 Å². The average molecular weight is 408 g/mol. The molecule has 0 amide bonds. The summed E-state index contributed by atoms with van der Waals surface area (Å²) < 4.78 is 0.891. The van der Waals surface area contributed by atoms with Crippen molar-refractivity contribution in [1.82, 2.24) is 5.32 Å². The minimum atomic E-state index is 0.0796. The lowest BCUT2D eigenvalue weighted by Crippen LogP contribution is -2.23. The lowest BCUT2D eigenvalue weighted by Gasteiger charge is -2.21. The third-order valence-electron chi connectivity index (χ3n) is 3.24. The molecule has 0 aromatic heterocycles. The topological polar surface area (TPSA) is 12.0 Å². The van der Waals surface area contributed by atoms with Crippen molar-refractivity contribution in [3.63, 3.8) is 0 Å². The van der Waals surface area contributed by atoms with Crippen LogP contribution in [0.15, 0.2) is 40.9 Å². The number of nitrogens with one attached hydrogen (secondary N) is 1. The molecule has 2 aromatic rings. The van der Waals surface area contributed by atoms with E-state index in [9.17, 15) is 0 Å². The van der Waals surface area contributed by atoms with Crippen LogP contribution in [0.3, 0.4) is 0 Å². The van der Waals surface area contributed by atoms with Gasteiger partial charge in [-0.25, -0.2) is 0 Å². The number of hydrogen-bond acceptors (Lipinski definition) is 1. The van der Waals surface area contributed by atoms with E-state index in [0.717, 1.165) is 33.6 Å². The van der Waals surface area contributed by atoms with E-state index in [1.807, 2.05) is 30.3 Å². The quantitative estimate of drug-likeness (QED) is 0.613. The van der Waals surface area contributed by atoms with Gasteiger partial charge in [-0.2, -0.15) is 0 Å². The smallest absolute Gasteiger partial charge is 0.0595 e. The van der Waals surface area contributed by atoms with Gasteiger partial charge in [0.05, 0.1) is 5.02 Å². The van der Waals surface area contributed by atoms with Crippen molar-refractivity contribution in [3.8, 4) is 0 Å². The molecule has 1 unspecified atom stereocenters. The number of benzene rings is 2. The van der Waals surface area contributed by atoms with Gasteiger partial charge in [0.25, 0.3) is 0 Å². The van der Waals surface area contributed by atoms with E-state index in [2.05, 4.69) is 28.2 Å². The van der Waals surface area contributed by atoms with Crippen molar-refractivity contribution in [2.45, 2.75) is 19.4 Å². The van der Waals surface area contributed by atoms with E-state index in [1.54, 1.807) is 6.07 Å². The van der Waals surface area contributed by atoms with Crippen molar-refractivity contribution in [1.29, 1.82) is 0 Å². The van der Waals surface area contributed by atoms with E-state index in [1.165, 1.54) is 0 Å². The summed E-state index contributed by atoms with van der Waals surface area (Å²) in [6.07, 6.45) is 0.726. The minimum absolute atomic E-state index is 0.0796. The fourth-order valence-electron chi connectivity index (χ4n) is 2.25. The molecule has 0 heterocycles. The zero-order valence-corrected chi connectivity index (χ0v) is 15.3. The molecule has 5 heteroatoms. The molecular formula is C16H15BrCl3N. The Labute approximate surface area is 148 Å². The number of likely N-dealkylation sites (N-methyl/N-ethyl adjacent to an activating group) is 1. The Morgan fingerprint density at radius 2 is 1.90 bits per heavy atom. The maximum Gasteiger partial charge on any atom is 0.0595 e. The van der Waals surface area contributed by atoms with Crippen LogP contribution in [-0.4, -0.2) is 6.54 Å². The lowest BCUT2D eigenvalue weighted by atomic mass is 9.98. The van der Waals surface area contributed by atoms with Gasteiger partial charge in [0.1, 0.15) is 0 Å². The molecule has 0 radical (unpaired) electrons. The first-order valence-corrected chi connectivity index (χ1v) is 8.56. The standard InChI is InChI=1S/C16H15BrCl3N/c1-2-21-15(12-4-3-5-13(17)16(12)20)9-10-8-11(18)6-7-14(10)19/h3-8,15,21H,2,9H2,1H3. The summed E-state index contributed by atoms with van der Waals surface area (Å²) in [4.78, 5) is 0. The summed E-state index contributed by atoms with van der Waals surface area (Å²) in [6, 6.07) is 11.5. The Morgan fingerprint density at radius 1 is 1.14 bits per heavy atom. The van der Waals surface area contributed by atoms with Crippen molar-refractivity contribution < 1.29 is 0 Å². The molecule has 0 fully saturated rings. The highest BCUT2D eigenvalue weighted by Gasteiger charge is 2.17. The number of halogens is 4. The molecule has 21 heavy (non-hydrogen) atoms. The van der Waals surface area contributed by atoms with Crippen LogP contribution in [0.4, 0.5) is 0 Å². The van der Waals surface area contributed by atoms with Crippen molar-refractivity contribution in [2.75, 3.05) is 6.54 Å². The highest BCUT2D eigenvalue weighted by atomic mass is 79.9. The van der Waals surface area contributed by atoms with Crippen LogP contribution in [-0.2, 0) is 6.42 Å². The second-order valence-corrected chi connectivity index (χ2v) is 6.77. The van der Waals surface area contributed by atoms with E-state index in [0.29, 0.717) is 10.0 Å². The number of rotatable bonds is 5. The van der Waals surface area contributed by atoms with Gasteiger partial charge in [-0.05, 0) is 64.3 Å². The molecule has 112 valence electrons. The van der Waals surface area contributed by atoms with Crippen LogP contribution in [0.2, 0.25) is 15.1 Å². The first-order chi connectivity index (χ1) is 10.0. The molecular weight excluding hydrogens is 392 g/mol. The van der Waals surface area contributed by atoms with Gasteiger partial charge in [-0.3, -0.25) is 0 Å². The highest BCUT2D eigenvalue weighted by molar-refractivity contribution is 9.10. The van der Waals surface area contributed by atoms with Gasteiger partial charge in [-0.15, -0.1) is 0 Å². The molecule has 0 saturated heterocycles. The number of hydrogen-bond donors (Lipinski definition) is 1. The van der Waals surface area contributed by atoms with Crippen molar-refractivity contribution in [3.05, 3.63) is 67.1 Å². The Kier molecular flexibility index (Phi) is 6.39. The molecule has 1 atom stereocenters. The monoisotopic (exact) mass is 405 g/mol. The van der Waals surface area contributed by atoms with Gasteiger partial charge in [0.2, 0.25) is 0 Å². The Hall–Kier alpha value is -0.250. The molecule has 0 bridgehead atoms. The first kappa shape index (κ1) is 17.1. The minimum Gasteiger partial charge on any atom is -0.310 e. The normalized spacial score (nSPS) is 12.4. The summed E-state index contributed by atoms with van der Waals surface area (Å²) in [5.41, 5.74) is 2.05. The van der Waals surface area contributed by atoms with Gasteiger partial charge in [-0.1, -0.05) is 53.9 Å². The van der Waals surface area contributed by atoms with E-state index < -0.39 is 0 Å². The van der Waals surface area contributed by atoms with Crippen LogP contribution in [0.25, 0.3) is 0 Å². The third-order valence-corrected chi connectivity index (χ3v) is 5.15. The zero-order chi connectivity index (χ0) is 15.4. The summed E-state index contributed by atoms with van der Waals surface area (Å²) in [5, 5.41) is 5.58. The van der Waals surface area contributed by atoms with Gasteiger partial charge < -0.3 is 5.32 Å². The molecule has 0 aliphatic rings. The lowest BCUT2D eigenvalue weighted by molar-refractivity contribution is 0.550. The molecule has 0 aliphatic heterocycles. The predicted octanol–water partition coefficient (Wildman–Crippen LogP) is 6.30. The largest absolute Gasteiger partial charge is 0.310 e. The Balaban J connectivity index is 2.35. The average Bonchev–Trinajstić information content (AvgIpc) is 2.45. The first-order valence-electron chi connectivity index (χ1n) is 6.64. The second-order valence-electron chi connectivity index (χ2n) is 4.69. The Morgan fingerprint density at radius 3 is 2.62 bits per heavy atom. The Bertz CT molecular complexity index is 631. The summed E-state index contributed by atoms with van der Waals surface area (Å²) >= 11 is 22.2. The van der Waals surface area contributed by atoms with E-state index >= 15 is 0 Å².